The van der Waals surface area contributed by atoms with Gasteiger partial charge in [0.15, 0.2) is 0 Å². The van der Waals surface area contributed by atoms with Gasteiger partial charge in [0.2, 0.25) is 11.8 Å². The van der Waals surface area contributed by atoms with Crippen LogP contribution in [0.5, 0.6) is 0 Å². The zero-order valence-corrected chi connectivity index (χ0v) is 14.2. The normalized spacial score (nSPS) is 13.0. The lowest BCUT2D eigenvalue weighted by Gasteiger charge is -2.20. The number of anilines is 2. The lowest BCUT2D eigenvalue weighted by atomic mass is 9.94. The molecule has 0 radical (unpaired) electrons. The van der Waals surface area contributed by atoms with Gasteiger partial charge in [0.05, 0.1) is 5.92 Å². The van der Waals surface area contributed by atoms with Gasteiger partial charge in [-0.1, -0.05) is 43.3 Å². The number of amides is 2. The first-order chi connectivity index (χ1) is 11.4. The standard InChI is InChI=1S/C19H23N3O2/c1-12-9-10-16(11-17(12)21-14(3)23)22-19(24)13(2)18(20)15-7-5-4-6-8-15/h4-11,13,18H,20H2,1-3H3,(H,21,23)(H,22,24). The third kappa shape index (κ3) is 4.43. The van der Waals surface area contributed by atoms with Crippen molar-refractivity contribution in [2.75, 3.05) is 10.6 Å². The Morgan fingerprint density at radius 1 is 1.04 bits per heavy atom. The molecule has 126 valence electrons. The molecule has 2 atom stereocenters. The summed E-state index contributed by atoms with van der Waals surface area (Å²) in [6.45, 7) is 5.15. The van der Waals surface area contributed by atoms with Gasteiger partial charge in [0.1, 0.15) is 0 Å². The van der Waals surface area contributed by atoms with Gasteiger partial charge in [-0.3, -0.25) is 9.59 Å². The van der Waals surface area contributed by atoms with Crippen LogP contribution in [0, 0.1) is 12.8 Å². The summed E-state index contributed by atoms with van der Waals surface area (Å²) in [5.41, 5.74) is 9.35. The first kappa shape index (κ1) is 17.7. The summed E-state index contributed by atoms with van der Waals surface area (Å²) in [5.74, 6) is -0.706. The van der Waals surface area contributed by atoms with Crippen LogP contribution in [0.3, 0.4) is 0 Å². The number of benzene rings is 2. The molecule has 2 aromatic rings. The van der Waals surface area contributed by atoms with Crippen molar-refractivity contribution in [1.29, 1.82) is 0 Å². The van der Waals surface area contributed by atoms with Crippen molar-refractivity contribution in [2.24, 2.45) is 11.7 Å². The molecule has 0 aromatic heterocycles. The molecule has 4 N–H and O–H groups in total. The minimum absolute atomic E-state index is 0.152. The Bertz CT molecular complexity index is 729. The Hall–Kier alpha value is -2.66. The molecule has 2 aromatic carbocycles. The molecule has 0 heterocycles. The van der Waals surface area contributed by atoms with Gasteiger partial charge in [0, 0.05) is 24.3 Å². The van der Waals surface area contributed by atoms with Gasteiger partial charge in [-0.2, -0.15) is 0 Å². The fourth-order valence-electron chi connectivity index (χ4n) is 2.41. The largest absolute Gasteiger partial charge is 0.326 e. The molecule has 0 aliphatic heterocycles. The summed E-state index contributed by atoms with van der Waals surface area (Å²) in [4.78, 5) is 23.7. The number of carbonyl (C=O) groups excluding carboxylic acids is 2. The lowest BCUT2D eigenvalue weighted by molar-refractivity contribution is -0.120. The molecule has 0 bridgehead atoms. The first-order valence-electron chi connectivity index (χ1n) is 7.88. The second-order valence-electron chi connectivity index (χ2n) is 5.93. The van der Waals surface area contributed by atoms with Crippen molar-refractivity contribution in [3.63, 3.8) is 0 Å². The molecular weight excluding hydrogens is 302 g/mol. The fraction of sp³-hybridized carbons (Fsp3) is 0.263. The van der Waals surface area contributed by atoms with Crippen LogP contribution in [-0.2, 0) is 9.59 Å². The van der Waals surface area contributed by atoms with E-state index in [-0.39, 0.29) is 17.9 Å². The lowest BCUT2D eigenvalue weighted by Crippen LogP contribution is -2.30. The van der Waals surface area contributed by atoms with Crippen LogP contribution >= 0.6 is 0 Å². The fourth-order valence-corrected chi connectivity index (χ4v) is 2.41. The van der Waals surface area contributed by atoms with E-state index in [0.717, 1.165) is 11.1 Å². The van der Waals surface area contributed by atoms with Crippen LogP contribution in [-0.4, -0.2) is 11.8 Å². The van der Waals surface area contributed by atoms with E-state index < -0.39 is 5.92 Å². The van der Waals surface area contributed by atoms with E-state index in [2.05, 4.69) is 10.6 Å². The summed E-state index contributed by atoms with van der Waals surface area (Å²) >= 11 is 0. The summed E-state index contributed by atoms with van der Waals surface area (Å²) < 4.78 is 0. The van der Waals surface area contributed by atoms with Gasteiger partial charge in [-0.25, -0.2) is 0 Å². The molecule has 0 saturated heterocycles. The average Bonchev–Trinajstić information content (AvgIpc) is 2.56. The third-order valence-corrected chi connectivity index (χ3v) is 3.95. The summed E-state index contributed by atoms with van der Waals surface area (Å²) in [5, 5.41) is 5.61. The van der Waals surface area contributed by atoms with Crippen molar-refractivity contribution in [3.8, 4) is 0 Å². The molecule has 2 amide bonds. The number of hydrogen-bond acceptors (Lipinski definition) is 3. The van der Waals surface area contributed by atoms with Crippen LogP contribution in [0.15, 0.2) is 48.5 Å². The second-order valence-corrected chi connectivity index (χ2v) is 5.93. The van der Waals surface area contributed by atoms with E-state index in [4.69, 9.17) is 5.73 Å². The molecule has 5 nitrogen and oxygen atoms in total. The topological polar surface area (TPSA) is 84.2 Å². The maximum Gasteiger partial charge on any atom is 0.229 e. The van der Waals surface area contributed by atoms with Gasteiger partial charge < -0.3 is 16.4 Å². The van der Waals surface area contributed by atoms with Crippen molar-refractivity contribution in [3.05, 3.63) is 59.7 Å². The number of carbonyl (C=O) groups is 2. The number of nitrogens with one attached hydrogen (secondary N) is 2. The zero-order chi connectivity index (χ0) is 17.7. The minimum Gasteiger partial charge on any atom is -0.326 e. The number of nitrogens with two attached hydrogens (primary N) is 1. The zero-order valence-electron chi connectivity index (χ0n) is 14.2. The Balaban J connectivity index is 2.10. The summed E-state index contributed by atoms with van der Waals surface area (Å²) in [7, 11) is 0. The number of hydrogen-bond donors (Lipinski definition) is 3. The van der Waals surface area contributed by atoms with Crippen molar-refractivity contribution in [2.45, 2.75) is 26.8 Å². The van der Waals surface area contributed by atoms with E-state index >= 15 is 0 Å². The van der Waals surface area contributed by atoms with Gasteiger partial charge in [-0.15, -0.1) is 0 Å². The highest BCUT2D eigenvalue weighted by molar-refractivity contribution is 5.95. The second kappa shape index (κ2) is 7.75. The molecule has 0 spiro atoms. The number of aryl methyl sites for hydroxylation is 1. The third-order valence-electron chi connectivity index (χ3n) is 3.95. The summed E-state index contributed by atoms with van der Waals surface area (Å²) in [6, 6.07) is 14.6. The first-order valence-corrected chi connectivity index (χ1v) is 7.88. The summed E-state index contributed by atoms with van der Waals surface area (Å²) in [6.07, 6.45) is 0. The van der Waals surface area contributed by atoms with Crippen LogP contribution in [0.2, 0.25) is 0 Å². The van der Waals surface area contributed by atoms with Crippen LogP contribution in [0.1, 0.15) is 31.0 Å². The quantitative estimate of drug-likeness (QED) is 0.789. The van der Waals surface area contributed by atoms with Crippen molar-refractivity contribution in [1.82, 2.24) is 0 Å². The predicted molar refractivity (Wildman–Crippen MR) is 96.6 cm³/mol. The Morgan fingerprint density at radius 3 is 2.33 bits per heavy atom. The molecule has 0 saturated carbocycles. The van der Waals surface area contributed by atoms with Crippen LogP contribution in [0.4, 0.5) is 11.4 Å². The average molecular weight is 325 g/mol. The van der Waals surface area contributed by atoms with Gasteiger partial charge in [0.25, 0.3) is 0 Å². The maximum absolute atomic E-state index is 12.5. The van der Waals surface area contributed by atoms with Gasteiger partial charge >= 0.3 is 0 Å². The molecule has 0 aliphatic rings. The van der Waals surface area contributed by atoms with Gasteiger partial charge in [-0.05, 0) is 30.2 Å². The maximum atomic E-state index is 12.5. The van der Waals surface area contributed by atoms with Crippen molar-refractivity contribution < 1.29 is 9.59 Å². The predicted octanol–water partition coefficient (Wildman–Crippen LogP) is 3.23. The molecule has 5 heteroatoms. The Morgan fingerprint density at radius 2 is 1.71 bits per heavy atom. The Kier molecular flexibility index (Phi) is 5.71. The van der Waals surface area contributed by atoms with E-state index in [1.807, 2.05) is 43.3 Å². The minimum atomic E-state index is -0.391. The molecule has 2 unspecified atom stereocenters. The van der Waals surface area contributed by atoms with Crippen LogP contribution < -0.4 is 16.4 Å². The molecule has 2 rings (SSSR count). The monoisotopic (exact) mass is 325 g/mol. The highest BCUT2D eigenvalue weighted by Crippen LogP contribution is 2.23. The van der Waals surface area contributed by atoms with E-state index in [9.17, 15) is 9.59 Å². The SMILES string of the molecule is CC(=O)Nc1cc(NC(=O)C(C)C(N)c2ccccc2)ccc1C. The highest BCUT2D eigenvalue weighted by atomic mass is 16.2. The molecular formula is C19H23N3O2. The van der Waals surface area contributed by atoms with E-state index in [0.29, 0.717) is 11.4 Å². The Labute approximate surface area is 142 Å². The van der Waals surface area contributed by atoms with E-state index in [1.54, 1.807) is 19.1 Å². The smallest absolute Gasteiger partial charge is 0.229 e. The van der Waals surface area contributed by atoms with E-state index in [1.165, 1.54) is 6.92 Å². The molecule has 24 heavy (non-hydrogen) atoms. The molecule has 0 aliphatic carbocycles. The van der Waals surface area contributed by atoms with Crippen LogP contribution in [0.25, 0.3) is 0 Å². The highest BCUT2D eigenvalue weighted by Gasteiger charge is 2.22. The van der Waals surface area contributed by atoms with Crippen molar-refractivity contribution >= 4 is 23.2 Å². The molecule has 0 fully saturated rings. The number of rotatable bonds is 5.